The number of hydrogen-bond acceptors (Lipinski definition) is 2. The monoisotopic (exact) mass is 717 g/mol. The molecular weight excluding hydrogens is 679 g/mol. The third-order valence-corrected chi connectivity index (χ3v) is 13.3. The highest BCUT2D eigenvalue weighted by Gasteiger charge is 2.48. The van der Waals surface area contributed by atoms with Crippen molar-refractivity contribution in [3.63, 3.8) is 0 Å². The van der Waals surface area contributed by atoms with Gasteiger partial charge >= 0.3 is 0 Å². The number of para-hydroxylation sites is 1. The first-order chi connectivity index (χ1) is 27.8. The van der Waals surface area contributed by atoms with E-state index in [2.05, 4.69) is 193 Å². The van der Waals surface area contributed by atoms with E-state index in [-0.39, 0.29) is 5.41 Å². The first kappa shape index (κ1) is 31.7. The molecule has 266 valence electrons. The molecule has 3 aliphatic carbocycles. The Morgan fingerprint density at radius 3 is 1.75 bits per heavy atom. The van der Waals surface area contributed by atoms with E-state index in [0.29, 0.717) is 0 Å². The molecule has 2 heteroatoms. The number of benzene rings is 8. The molecule has 0 saturated heterocycles. The zero-order valence-corrected chi connectivity index (χ0v) is 31.1. The molecule has 0 bridgehead atoms. The van der Waals surface area contributed by atoms with Crippen molar-refractivity contribution in [2.45, 2.75) is 36.5 Å². The molecule has 0 atom stereocenters. The lowest BCUT2D eigenvalue weighted by molar-refractivity contribution is 0.550. The second-order valence-electron chi connectivity index (χ2n) is 15.9. The lowest BCUT2D eigenvalue weighted by atomic mass is 9.66. The Balaban J connectivity index is 1.10. The molecule has 0 radical (unpaired) electrons. The third kappa shape index (κ3) is 4.16. The van der Waals surface area contributed by atoms with Gasteiger partial charge in [-0.1, -0.05) is 158 Å². The molecule has 0 amide bonds. The van der Waals surface area contributed by atoms with Crippen LogP contribution in [0.3, 0.4) is 0 Å². The van der Waals surface area contributed by atoms with Gasteiger partial charge in [-0.3, -0.25) is 0 Å². The van der Waals surface area contributed by atoms with Gasteiger partial charge in [0.05, 0.1) is 11.1 Å². The molecule has 1 heterocycles. The number of furan rings is 1. The summed E-state index contributed by atoms with van der Waals surface area (Å²) in [6.45, 7) is 0. The molecule has 12 rings (SSSR count). The quantitative estimate of drug-likeness (QED) is 0.176. The summed E-state index contributed by atoms with van der Waals surface area (Å²) in [5.41, 5.74) is 18.2. The van der Waals surface area contributed by atoms with Gasteiger partial charge in [-0.25, -0.2) is 0 Å². The second kappa shape index (κ2) is 11.9. The Kier molecular flexibility index (Phi) is 6.75. The molecule has 2 nitrogen and oxygen atoms in total. The fourth-order valence-corrected chi connectivity index (χ4v) is 11.1. The van der Waals surface area contributed by atoms with Crippen LogP contribution in [0.1, 0.15) is 59.1 Å². The van der Waals surface area contributed by atoms with Gasteiger partial charge < -0.3 is 9.32 Å². The highest BCUT2D eigenvalue weighted by molar-refractivity contribution is 6.10. The minimum atomic E-state index is -0.520. The Bertz CT molecular complexity index is 2940. The summed E-state index contributed by atoms with van der Waals surface area (Å²) in [5.74, 6) is 0. The fraction of sp³-hybridized carbons (Fsp3) is 0.111. The van der Waals surface area contributed by atoms with E-state index >= 15 is 0 Å². The highest BCUT2D eigenvalue weighted by atomic mass is 16.3. The molecule has 0 N–H and O–H groups in total. The number of nitrogens with zero attached hydrogens (tertiary/aromatic N) is 1. The van der Waals surface area contributed by atoms with E-state index in [0.717, 1.165) is 33.3 Å². The van der Waals surface area contributed by atoms with Gasteiger partial charge in [0.15, 0.2) is 0 Å². The molecule has 1 saturated carbocycles. The summed E-state index contributed by atoms with van der Waals surface area (Å²) in [5, 5.41) is 2.28. The first-order valence-corrected chi connectivity index (χ1v) is 20.1. The third-order valence-electron chi connectivity index (χ3n) is 13.3. The molecule has 1 aromatic heterocycles. The minimum Gasteiger partial charge on any atom is -0.456 e. The largest absolute Gasteiger partial charge is 0.456 e. The maximum Gasteiger partial charge on any atom is 0.137 e. The van der Waals surface area contributed by atoms with E-state index in [1.807, 2.05) is 0 Å². The van der Waals surface area contributed by atoms with Crippen LogP contribution in [0.4, 0.5) is 17.1 Å². The van der Waals surface area contributed by atoms with Crippen LogP contribution in [0.15, 0.2) is 192 Å². The van der Waals surface area contributed by atoms with Crippen LogP contribution in [-0.4, -0.2) is 0 Å². The maximum atomic E-state index is 6.97. The minimum absolute atomic E-state index is 0.0928. The summed E-state index contributed by atoms with van der Waals surface area (Å²) in [6.07, 6.45) is 4.96. The summed E-state index contributed by atoms with van der Waals surface area (Å²) in [4.78, 5) is 2.45. The Hall–Kier alpha value is -6.64. The van der Waals surface area contributed by atoms with Crippen LogP contribution in [0.5, 0.6) is 0 Å². The zero-order valence-electron chi connectivity index (χ0n) is 31.1. The van der Waals surface area contributed by atoms with Crippen molar-refractivity contribution in [1.29, 1.82) is 0 Å². The molecule has 0 aliphatic heterocycles. The number of rotatable bonds is 5. The topological polar surface area (TPSA) is 16.4 Å². The van der Waals surface area contributed by atoms with E-state index < -0.39 is 5.41 Å². The van der Waals surface area contributed by atoms with Crippen LogP contribution < -0.4 is 4.90 Å². The summed E-state index contributed by atoms with van der Waals surface area (Å²) in [6, 6.07) is 69.5. The lowest BCUT2D eigenvalue weighted by Crippen LogP contribution is -2.28. The number of anilines is 3. The molecule has 3 aliphatic rings. The zero-order chi connectivity index (χ0) is 36.8. The van der Waals surface area contributed by atoms with E-state index in [1.165, 1.54) is 87.0 Å². The average molecular weight is 718 g/mol. The molecule has 1 fully saturated rings. The summed E-state index contributed by atoms with van der Waals surface area (Å²) in [7, 11) is 0. The Morgan fingerprint density at radius 1 is 0.429 bits per heavy atom. The predicted molar refractivity (Wildman–Crippen MR) is 230 cm³/mol. The lowest BCUT2D eigenvalue weighted by Gasteiger charge is -2.34. The van der Waals surface area contributed by atoms with E-state index in [9.17, 15) is 0 Å². The molecule has 1 spiro atoms. The van der Waals surface area contributed by atoms with Crippen LogP contribution in [0.2, 0.25) is 0 Å². The van der Waals surface area contributed by atoms with Crippen molar-refractivity contribution in [3.8, 4) is 22.3 Å². The molecule has 0 unspecified atom stereocenters. The van der Waals surface area contributed by atoms with Crippen molar-refractivity contribution in [2.24, 2.45) is 0 Å². The van der Waals surface area contributed by atoms with Gasteiger partial charge in [-0.05, 0) is 99.3 Å². The van der Waals surface area contributed by atoms with Crippen LogP contribution in [-0.2, 0) is 10.8 Å². The van der Waals surface area contributed by atoms with Crippen molar-refractivity contribution in [2.75, 3.05) is 4.90 Å². The standard InChI is InChI=1S/C54H39NO/c1-3-17-36(18-4-1)54(44-25-11-7-21-39(44)40-22-8-12-26-45(40)54)47-28-16-30-49-52(47)42-32-31-38(35-50(42)56-49)55(37-19-5-2-6-20-37)48-29-15-27-46-51(48)41-23-9-10-24-43(41)53(46)33-13-14-34-53/h1-12,15-32,35H,13-14,33-34H2. The van der Waals surface area contributed by atoms with Gasteiger partial charge in [0.25, 0.3) is 0 Å². The van der Waals surface area contributed by atoms with Crippen LogP contribution in [0.25, 0.3) is 44.2 Å². The Labute approximate surface area is 327 Å². The molecule has 8 aromatic carbocycles. The van der Waals surface area contributed by atoms with Crippen molar-refractivity contribution < 1.29 is 4.42 Å². The average Bonchev–Trinajstić information content (AvgIpc) is 4.04. The SMILES string of the molecule is c1ccc(N(c2ccc3c(c2)oc2cccc(C4(c5ccccc5)c5ccccc5-c5ccccc54)c23)c2cccc3c2-c2ccccc2C32CCCC2)cc1. The van der Waals surface area contributed by atoms with Gasteiger partial charge in [0, 0.05) is 39.2 Å². The van der Waals surface area contributed by atoms with Crippen molar-refractivity contribution in [3.05, 3.63) is 221 Å². The van der Waals surface area contributed by atoms with Gasteiger partial charge in [-0.2, -0.15) is 0 Å². The second-order valence-corrected chi connectivity index (χ2v) is 15.9. The van der Waals surface area contributed by atoms with Crippen LogP contribution >= 0.6 is 0 Å². The predicted octanol–water partition coefficient (Wildman–Crippen LogP) is 14.3. The van der Waals surface area contributed by atoms with Gasteiger partial charge in [0.2, 0.25) is 0 Å². The Morgan fingerprint density at radius 2 is 1.02 bits per heavy atom. The number of hydrogen-bond donors (Lipinski definition) is 0. The van der Waals surface area contributed by atoms with Crippen LogP contribution in [0, 0.1) is 0 Å². The van der Waals surface area contributed by atoms with Gasteiger partial charge in [0.1, 0.15) is 11.2 Å². The molecule has 56 heavy (non-hydrogen) atoms. The van der Waals surface area contributed by atoms with E-state index in [4.69, 9.17) is 4.42 Å². The fourth-order valence-electron chi connectivity index (χ4n) is 11.1. The normalized spacial score (nSPS) is 15.5. The number of fused-ring (bicyclic) bond motifs is 11. The smallest absolute Gasteiger partial charge is 0.137 e. The molecule has 9 aromatic rings. The van der Waals surface area contributed by atoms with Gasteiger partial charge in [-0.15, -0.1) is 0 Å². The summed E-state index contributed by atoms with van der Waals surface area (Å²) < 4.78 is 6.97. The maximum absolute atomic E-state index is 6.97. The molecular formula is C54H39NO. The first-order valence-electron chi connectivity index (χ1n) is 20.1. The van der Waals surface area contributed by atoms with Crippen molar-refractivity contribution in [1.82, 2.24) is 0 Å². The van der Waals surface area contributed by atoms with Crippen molar-refractivity contribution >= 4 is 39.0 Å². The summed E-state index contributed by atoms with van der Waals surface area (Å²) >= 11 is 0. The van der Waals surface area contributed by atoms with E-state index in [1.54, 1.807) is 0 Å². The highest BCUT2D eigenvalue weighted by Crippen LogP contribution is 2.61.